The second-order valence-corrected chi connectivity index (χ2v) is 9.59. The molecule has 0 atom stereocenters. The van der Waals surface area contributed by atoms with Crippen LogP contribution in [-0.2, 0) is 11.3 Å². The van der Waals surface area contributed by atoms with Crippen LogP contribution in [0.1, 0.15) is 101 Å². The molecule has 28 heavy (non-hydrogen) atoms. The zero-order valence-corrected chi connectivity index (χ0v) is 18.2. The summed E-state index contributed by atoms with van der Waals surface area (Å²) in [4.78, 5) is 0. The zero-order chi connectivity index (χ0) is 19.6. The molecule has 0 bridgehead atoms. The molecule has 0 spiro atoms. The molecule has 3 rings (SSSR count). The van der Waals surface area contributed by atoms with Gasteiger partial charge in [-0.1, -0.05) is 68.9 Å². The van der Waals surface area contributed by atoms with Crippen LogP contribution in [0.15, 0.2) is 36.9 Å². The highest BCUT2D eigenvalue weighted by Gasteiger charge is 2.23. The topological polar surface area (TPSA) is 9.23 Å². The van der Waals surface area contributed by atoms with Gasteiger partial charge in [0.25, 0.3) is 0 Å². The van der Waals surface area contributed by atoms with Crippen molar-refractivity contribution >= 4 is 0 Å². The van der Waals surface area contributed by atoms with Gasteiger partial charge in [-0.2, -0.15) is 0 Å². The fraction of sp³-hybridized carbons (Fsp3) is 0.704. The molecule has 1 aromatic carbocycles. The minimum atomic E-state index is 0.725. The van der Waals surface area contributed by atoms with Crippen molar-refractivity contribution in [2.45, 2.75) is 96.0 Å². The standard InChI is InChI=1S/C27H42O/c1-3-6-22-9-11-23(12-10-22)7-4-5-8-24-13-17-26(18-14-24)27-19-15-25(16-20-27)21-28-2/h3,15-16,19-20,22-24,26H,1,4-14,17-18,21H2,2H3/t22-,23-,24?,26?. The van der Waals surface area contributed by atoms with Crippen molar-refractivity contribution in [3.05, 3.63) is 48.0 Å². The average molecular weight is 383 g/mol. The fourth-order valence-electron chi connectivity index (χ4n) is 5.69. The fourth-order valence-corrected chi connectivity index (χ4v) is 5.69. The molecular formula is C27H42O. The van der Waals surface area contributed by atoms with Crippen molar-refractivity contribution in [1.82, 2.24) is 0 Å². The number of hydrogen-bond donors (Lipinski definition) is 0. The van der Waals surface area contributed by atoms with E-state index < -0.39 is 0 Å². The van der Waals surface area contributed by atoms with Gasteiger partial charge in [-0.15, -0.1) is 6.58 Å². The van der Waals surface area contributed by atoms with E-state index in [9.17, 15) is 0 Å². The molecule has 1 aromatic rings. The minimum Gasteiger partial charge on any atom is -0.380 e. The summed E-state index contributed by atoms with van der Waals surface area (Å²) < 4.78 is 5.22. The second kappa shape index (κ2) is 11.8. The molecule has 0 aromatic heterocycles. The van der Waals surface area contributed by atoms with Gasteiger partial charge in [0, 0.05) is 7.11 Å². The van der Waals surface area contributed by atoms with Gasteiger partial charge < -0.3 is 4.74 Å². The quantitative estimate of drug-likeness (QED) is 0.294. The molecule has 1 nitrogen and oxygen atoms in total. The molecule has 2 aliphatic carbocycles. The summed E-state index contributed by atoms with van der Waals surface area (Å²) >= 11 is 0. The minimum absolute atomic E-state index is 0.725. The van der Waals surface area contributed by atoms with Gasteiger partial charge in [0.05, 0.1) is 6.61 Å². The Hall–Kier alpha value is -1.08. The van der Waals surface area contributed by atoms with Gasteiger partial charge in [-0.3, -0.25) is 0 Å². The molecule has 0 amide bonds. The van der Waals surface area contributed by atoms with Gasteiger partial charge in [0.2, 0.25) is 0 Å². The molecule has 0 saturated heterocycles. The van der Waals surface area contributed by atoms with E-state index in [-0.39, 0.29) is 0 Å². The van der Waals surface area contributed by atoms with Crippen molar-refractivity contribution in [2.24, 2.45) is 17.8 Å². The Labute approximate surface area is 174 Å². The van der Waals surface area contributed by atoms with Gasteiger partial charge in [-0.05, 0) is 79.7 Å². The maximum absolute atomic E-state index is 5.22. The van der Waals surface area contributed by atoms with Crippen molar-refractivity contribution in [1.29, 1.82) is 0 Å². The van der Waals surface area contributed by atoms with Gasteiger partial charge in [0.1, 0.15) is 0 Å². The predicted octanol–water partition coefficient (Wildman–Crippen LogP) is 8.05. The van der Waals surface area contributed by atoms with Crippen LogP contribution in [0.4, 0.5) is 0 Å². The number of allylic oxidation sites excluding steroid dienone is 1. The highest BCUT2D eigenvalue weighted by molar-refractivity contribution is 5.25. The molecular weight excluding hydrogens is 340 g/mol. The number of hydrogen-bond acceptors (Lipinski definition) is 1. The molecule has 2 fully saturated rings. The smallest absolute Gasteiger partial charge is 0.0713 e. The molecule has 156 valence electrons. The number of ether oxygens (including phenoxy) is 1. The number of methoxy groups -OCH3 is 1. The zero-order valence-electron chi connectivity index (χ0n) is 18.2. The summed E-state index contributed by atoms with van der Waals surface area (Å²) in [5.41, 5.74) is 2.83. The molecule has 0 radical (unpaired) electrons. The van der Waals surface area contributed by atoms with Crippen LogP contribution in [0.2, 0.25) is 0 Å². The summed E-state index contributed by atoms with van der Waals surface area (Å²) in [5.74, 6) is 3.75. The Morgan fingerprint density at radius 1 is 0.821 bits per heavy atom. The number of unbranched alkanes of at least 4 members (excludes halogenated alkanes) is 1. The number of benzene rings is 1. The van der Waals surface area contributed by atoms with Crippen LogP contribution >= 0.6 is 0 Å². The van der Waals surface area contributed by atoms with Gasteiger partial charge in [0.15, 0.2) is 0 Å². The van der Waals surface area contributed by atoms with E-state index in [0.717, 1.165) is 30.3 Å². The predicted molar refractivity (Wildman–Crippen MR) is 121 cm³/mol. The summed E-state index contributed by atoms with van der Waals surface area (Å²) in [5, 5.41) is 0. The van der Waals surface area contributed by atoms with Crippen LogP contribution in [-0.4, -0.2) is 7.11 Å². The Morgan fingerprint density at radius 2 is 1.36 bits per heavy atom. The van der Waals surface area contributed by atoms with Crippen LogP contribution in [0.3, 0.4) is 0 Å². The molecule has 2 aliphatic rings. The van der Waals surface area contributed by atoms with Crippen molar-refractivity contribution < 1.29 is 4.74 Å². The first kappa shape index (κ1) is 21.6. The van der Waals surface area contributed by atoms with Crippen molar-refractivity contribution in [2.75, 3.05) is 7.11 Å². The van der Waals surface area contributed by atoms with E-state index in [1.165, 1.54) is 89.0 Å². The first-order chi connectivity index (χ1) is 13.8. The normalized spacial score (nSPS) is 28.2. The summed E-state index contributed by atoms with van der Waals surface area (Å²) in [6.07, 6.45) is 20.8. The first-order valence-electron chi connectivity index (χ1n) is 12.0. The second-order valence-electron chi connectivity index (χ2n) is 9.59. The van der Waals surface area contributed by atoms with E-state index in [4.69, 9.17) is 4.74 Å². The maximum Gasteiger partial charge on any atom is 0.0713 e. The summed E-state index contributed by atoms with van der Waals surface area (Å²) in [6, 6.07) is 9.16. The first-order valence-corrected chi connectivity index (χ1v) is 12.0. The van der Waals surface area contributed by atoms with E-state index in [2.05, 4.69) is 36.9 Å². The highest BCUT2D eigenvalue weighted by atomic mass is 16.5. The number of rotatable bonds is 10. The van der Waals surface area contributed by atoms with Gasteiger partial charge >= 0.3 is 0 Å². The van der Waals surface area contributed by atoms with E-state index in [0.29, 0.717) is 0 Å². The largest absolute Gasteiger partial charge is 0.380 e. The summed E-state index contributed by atoms with van der Waals surface area (Å²) in [7, 11) is 1.77. The monoisotopic (exact) mass is 382 g/mol. The Bertz CT molecular complexity index is 544. The Kier molecular flexibility index (Phi) is 9.12. The van der Waals surface area contributed by atoms with E-state index >= 15 is 0 Å². The third kappa shape index (κ3) is 6.76. The lowest BCUT2D eigenvalue weighted by Gasteiger charge is -2.30. The molecule has 0 aliphatic heterocycles. The van der Waals surface area contributed by atoms with Crippen LogP contribution in [0.25, 0.3) is 0 Å². The molecule has 0 unspecified atom stereocenters. The van der Waals surface area contributed by atoms with Crippen LogP contribution in [0.5, 0.6) is 0 Å². The van der Waals surface area contributed by atoms with E-state index in [1.807, 2.05) is 0 Å². The Balaban J connectivity index is 1.27. The third-order valence-corrected chi connectivity index (χ3v) is 7.55. The van der Waals surface area contributed by atoms with Crippen molar-refractivity contribution in [3.63, 3.8) is 0 Å². The molecule has 2 saturated carbocycles. The Morgan fingerprint density at radius 3 is 1.89 bits per heavy atom. The summed E-state index contributed by atoms with van der Waals surface area (Å²) in [6.45, 7) is 4.63. The van der Waals surface area contributed by atoms with Crippen molar-refractivity contribution in [3.8, 4) is 0 Å². The lowest BCUT2D eigenvalue weighted by atomic mass is 9.76. The van der Waals surface area contributed by atoms with Crippen LogP contribution in [0, 0.1) is 17.8 Å². The molecule has 0 heterocycles. The third-order valence-electron chi connectivity index (χ3n) is 7.55. The lowest BCUT2D eigenvalue weighted by molar-refractivity contribution is 0.185. The lowest BCUT2D eigenvalue weighted by Crippen LogP contribution is -2.15. The molecule has 0 N–H and O–H groups in total. The van der Waals surface area contributed by atoms with E-state index in [1.54, 1.807) is 12.7 Å². The maximum atomic E-state index is 5.22. The van der Waals surface area contributed by atoms with Crippen LogP contribution < -0.4 is 0 Å². The highest BCUT2D eigenvalue weighted by Crippen LogP contribution is 2.38. The molecule has 1 heteroatoms. The van der Waals surface area contributed by atoms with Gasteiger partial charge in [-0.25, -0.2) is 0 Å². The average Bonchev–Trinajstić information content (AvgIpc) is 2.74. The SMILES string of the molecule is C=CC[C@H]1CC[C@H](CCCCC2CCC(c3ccc(COC)cc3)CC2)CC1.